The summed E-state index contributed by atoms with van der Waals surface area (Å²) in [6.07, 6.45) is 1.59. The minimum Gasteiger partial charge on any atom is -0.497 e. The molecule has 5 aromatic rings. The SMILES string of the molecule is COc1ccc(-c2cc(-c3nn4c(-c5ccco5)nnc4s3)no2)cc1. The molecule has 4 heterocycles. The summed E-state index contributed by atoms with van der Waals surface area (Å²) < 4.78 is 17.7. The lowest BCUT2D eigenvalue weighted by Gasteiger charge is -1.99. The monoisotopic (exact) mass is 365 g/mol. The number of hydrogen-bond donors (Lipinski definition) is 0. The van der Waals surface area contributed by atoms with Crippen LogP contribution in [-0.4, -0.2) is 32.1 Å². The van der Waals surface area contributed by atoms with E-state index in [1.54, 1.807) is 24.0 Å². The molecule has 0 fully saturated rings. The van der Waals surface area contributed by atoms with E-state index in [9.17, 15) is 0 Å². The second-order valence-electron chi connectivity index (χ2n) is 5.41. The summed E-state index contributed by atoms with van der Waals surface area (Å²) in [5.41, 5.74) is 1.54. The van der Waals surface area contributed by atoms with Crippen molar-refractivity contribution in [3.63, 3.8) is 0 Å². The molecule has 0 radical (unpaired) electrons. The van der Waals surface area contributed by atoms with E-state index in [4.69, 9.17) is 13.7 Å². The molecule has 1 aromatic carbocycles. The molecule has 0 unspecified atom stereocenters. The van der Waals surface area contributed by atoms with E-state index in [1.807, 2.05) is 36.4 Å². The number of nitrogens with zero attached hydrogens (tertiary/aromatic N) is 5. The van der Waals surface area contributed by atoms with Crippen LogP contribution in [0.5, 0.6) is 5.75 Å². The van der Waals surface area contributed by atoms with Gasteiger partial charge in [0.1, 0.15) is 11.4 Å². The van der Waals surface area contributed by atoms with Crippen molar-refractivity contribution in [2.75, 3.05) is 7.11 Å². The zero-order valence-electron chi connectivity index (χ0n) is 13.5. The zero-order chi connectivity index (χ0) is 17.5. The van der Waals surface area contributed by atoms with Crippen molar-refractivity contribution >= 4 is 16.3 Å². The summed E-state index contributed by atoms with van der Waals surface area (Å²) in [5.74, 6) is 2.59. The van der Waals surface area contributed by atoms with E-state index in [0.29, 0.717) is 33.0 Å². The van der Waals surface area contributed by atoms with Gasteiger partial charge < -0.3 is 13.7 Å². The van der Waals surface area contributed by atoms with Crippen molar-refractivity contribution in [3.05, 3.63) is 48.7 Å². The Balaban J connectivity index is 1.51. The van der Waals surface area contributed by atoms with Gasteiger partial charge in [-0.3, -0.25) is 0 Å². The first-order valence-electron chi connectivity index (χ1n) is 7.69. The molecule has 9 heteroatoms. The summed E-state index contributed by atoms with van der Waals surface area (Å²) in [6, 6.07) is 13.0. The van der Waals surface area contributed by atoms with Crippen molar-refractivity contribution < 1.29 is 13.7 Å². The summed E-state index contributed by atoms with van der Waals surface area (Å²) in [6.45, 7) is 0. The molecule has 8 nitrogen and oxygen atoms in total. The summed E-state index contributed by atoms with van der Waals surface area (Å²) >= 11 is 1.38. The van der Waals surface area contributed by atoms with Crippen LogP contribution in [0, 0.1) is 0 Å². The lowest BCUT2D eigenvalue weighted by Crippen LogP contribution is -1.89. The van der Waals surface area contributed by atoms with Crippen LogP contribution in [-0.2, 0) is 0 Å². The van der Waals surface area contributed by atoms with Gasteiger partial charge in [0.05, 0.1) is 13.4 Å². The van der Waals surface area contributed by atoms with E-state index in [-0.39, 0.29) is 0 Å². The van der Waals surface area contributed by atoms with E-state index >= 15 is 0 Å². The van der Waals surface area contributed by atoms with E-state index in [0.717, 1.165) is 11.3 Å². The van der Waals surface area contributed by atoms with Gasteiger partial charge in [0.2, 0.25) is 10.8 Å². The summed E-state index contributed by atoms with van der Waals surface area (Å²) in [7, 11) is 1.63. The topological polar surface area (TPSA) is 91.5 Å². The van der Waals surface area contributed by atoms with Crippen molar-refractivity contribution in [1.29, 1.82) is 0 Å². The van der Waals surface area contributed by atoms with Gasteiger partial charge in [-0.2, -0.15) is 9.61 Å². The first-order valence-corrected chi connectivity index (χ1v) is 8.51. The molecular formula is C17H11N5O3S. The van der Waals surface area contributed by atoms with Crippen LogP contribution in [0.4, 0.5) is 0 Å². The minimum atomic E-state index is 0.548. The Kier molecular flexibility index (Phi) is 3.32. The second-order valence-corrected chi connectivity index (χ2v) is 6.36. The van der Waals surface area contributed by atoms with Gasteiger partial charge in [0.15, 0.2) is 16.5 Å². The van der Waals surface area contributed by atoms with Crippen molar-refractivity contribution in [2.45, 2.75) is 0 Å². The average molecular weight is 365 g/mol. The maximum Gasteiger partial charge on any atom is 0.235 e. The molecule has 0 spiro atoms. The number of fused-ring (bicyclic) bond motifs is 1. The molecule has 0 N–H and O–H groups in total. The second kappa shape index (κ2) is 5.81. The molecule has 0 amide bonds. The van der Waals surface area contributed by atoms with Gasteiger partial charge in [0, 0.05) is 11.6 Å². The Morgan fingerprint density at radius 3 is 2.73 bits per heavy atom. The summed E-state index contributed by atoms with van der Waals surface area (Å²) in [5, 5.41) is 17.6. The number of hydrogen-bond acceptors (Lipinski definition) is 8. The van der Waals surface area contributed by atoms with Gasteiger partial charge >= 0.3 is 0 Å². The van der Waals surface area contributed by atoms with Gasteiger partial charge in [-0.1, -0.05) is 16.5 Å². The number of benzene rings is 1. The highest BCUT2D eigenvalue weighted by molar-refractivity contribution is 7.19. The highest BCUT2D eigenvalue weighted by Gasteiger charge is 2.18. The Morgan fingerprint density at radius 2 is 1.96 bits per heavy atom. The molecule has 0 aliphatic heterocycles. The molecule has 0 aliphatic rings. The van der Waals surface area contributed by atoms with Gasteiger partial charge in [0.25, 0.3) is 0 Å². The standard InChI is InChI=1S/C17H11N5O3S/c1-23-11-6-4-10(5-7-11)14-9-12(21-25-14)16-20-22-15(13-3-2-8-24-13)18-19-17(22)26-16/h2-9H,1H3. The number of aromatic nitrogens is 5. The highest BCUT2D eigenvalue weighted by Crippen LogP contribution is 2.31. The fourth-order valence-electron chi connectivity index (χ4n) is 2.55. The van der Waals surface area contributed by atoms with Gasteiger partial charge in [-0.25, -0.2) is 0 Å². The Morgan fingerprint density at radius 1 is 1.08 bits per heavy atom. The number of furan rings is 1. The first-order chi connectivity index (χ1) is 12.8. The predicted octanol–water partition coefficient (Wildman–Crippen LogP) is 3.78. The van der Waals surface area contributed by atoms with Crippen molar-refractivity contribution in [2.24, 2.45) is 0 Å². The third-order valence-corrected chi connectivity index (χ3v) is 4.76. The Labute approximate surface area is 150 Å². The minimum absolute atomic E-state index is 0.548. The maximum absolute atomic E-state index is 5.47. The van der Waals surface area contributed by atoms with Crippen LogP contribution >= 0.6 is 11.3 Å². The fraction of sp³-hybridized carbons (Fsp3) is 0.0588. The molecular weight excluding hydrogens is 354 g/mol. The zero-order valence-corrected chi connectivity index (χ0v) is 14.3. The summed E-state index contributed by atoms with van der Waals surface area (Å²) in [4.78, 5) is 0.653. The fourth-order valence-corrected chi connectivity index (χ4v) is 3.34. The van der Waals surface area contributed by atoms with Crippen LogP contribution in [0.3, 0.4) is 0 Å². The quantitative estimate of drug-likeness (QED) is 0.478. The molecule has 5 rings (SSSR count). The van der Waals surface area contributed by atoms with Gasteiger partial charge in [-0.05, 0) is 36.4 Å². The molecule has 4 aromatic heterocycles. The maximum atomic E-state index is 5.47. The number of methoxy groups -OCH3 is 1. The average Bonchev–Trinajstić information content (AvgIpc) is 3.44. The van der Waals surface area contributed by atoms with Crippen LogP contribution in [0.2, 0.25) is 0 Å². The molecule has 0 saturated carbocycles. The van der Waals surface area contributed by atoms with Crippen molar-refractivity contribution in [1.82, 2.24) is 25.0 Å². The smallest absolute Gasteiger partial charge is 0.235 e. The number of ether oxygens (including phenoxy) is 1. The molecule has 0 aliphatic carbocycles. The van der Waals surface area contributed by atoms with E-state index in [1.165, 1.54) is 11.3 Å². The van der Waals surface area contributed by atoms with Crippen LogP contribution in [0.25, 0.3) is 38.6 Å². The molecule has 0 bridgehead atoms. The van der Waals surface area contributed by atoms with Crippen molar-refractivity contribution in [3.8, 4) is 39.4 Å². The third-order valence-electron chi connectivity index (χ3n) is 3.84. The Hall–Kier alpha value is -3.46. The van der Waals surface area contributed by atoms with Gasteiger partial charge in [-0.15, -0.1) is 10.2 Å². The Bertz CT molecular complexity index is 1170. The predicted molar refractivity (Wildman–Crippen MR) is 93.8 cm³/mol. The van der Waals surface area contributed by atoms with Crippen LogP contribution < -0.4 is 4.74 Å². The molecule has 128 valence electrons. The van der Waals surface area contributed by atoms with E-state index < -0.39 is 0 Å². The van der Waals surface area contributed by atoms with Crippen LogP contribution in [0.1, 0.15) is 0 Å². The van der Waals surface area contributed by atoms with E-state index in [2.05, 4.69) is 20.5 Å². The third kappa shape index (κ3) is 2.37. The molecule has 0 atom stereocenters. The first kappa shape index (κ1) is 14.8. The lowest BCUT2D eigenvalue weighted by molar-refractivity contribution is 0.414. The lowest BCUT2D eigenvalue weighted by atomic mass is 10.1. The molecule has 26 heavy (non-hydrogen) atoms. The largest absolute Gasteiger partial charge is 0.497 e. The normalized spacial score (nSPS) is 11.3. The molecule has 0 saturated heterocycles. The number of rotatable bonds is 4. The highest BCUT2D eigenvalue weighted by atomic mass is 32.1. The van der Waals surface area contributed by atoms with Crippen LogP contribution in [0.15, 0.2) is 57.7 Å².